The van der Waals surface area contributed by atoms with E-state index in [0.29, 0.717) is 6.54 Å². The predicted octanol–water partition coefficient (Wildman–Crippen LogP) is 2.48. The quantitative estimate of drug-likeness (QED) is 0.921. The molecule has 19 heavy (non-hydrogen) atoms. The smallest absolute Gasteiger partial charge is 0.131 e. The minimum absolute atomic E-state index is 0.435. The molecule has 0 aliphatic rings. The van der Waals surface area contributed by atoms with Crippen LogP contribution in [0.25, 0.3) is 11.3 Å². The van der Waals surface area contributed by atoms with Gasteiger partial charge >= 0.3 is 0 Å². The summed E-state index contributed by atoms with van der Waals surface area (Å²) in [6.07, 6.45) is 0. The van der Waals surface area contributed by atoms with E-state index in [1.54, 1.807) is 7.11 Å². The van der Waals surface area contributed by atoms with Gasteiger partial charge in [0.1, 0.15) is 11.6 Å². The molecule has 4 nitrogen and oxygen atoms in total. The summed E-state index contributed by atoms with van der Waals surface area (Å²) >= 11 is 0. The number of hydrogen-bond acceptors (Lipinski definition) is 3. The molecule has 0 saturated carbocycles. The fourth-order valence-electron chi connectivity index (χ4n) is 2.65. The highest BCUT2D eigenvalue weighted by atomic mass is 16.5. The zero-order valence-corrected chi connectivity index (χ0v) is 12.2. The molecule has 0 unspecified atom stereocenters. The molecule has 1 heterocycles. The Hall–Kier alpha value is -1.81. The van der Waals surface area contributed by atoms with Crippen LogP contribution in [-0.2, 0) is 13.6 Å². The zero-order valence-electron chi connectivity index (χ0n) is 12.2. The maximum absolute atomic E-state index is 5.73. The van der Waals surface area contributed by atoms with Crippen molar-refractivity contribution in [1.29, 1.82) is 0 Å². The Labute approximate surface area is 114 Å². The van der Waals surface area contributed by atoms with Crippen LogP contribution in [0, 0.1) is 20.8 Å². The third-order valence-electron chi connectivity index (χ3n) is 3.42. The fraction of sp³-hybridized carbons (Fsp3) is 0.400. The summed E-state index contributed by atoms with van der Waals surface area (Å²) in [5.74, 6) is 1.79. The van der Waals surface area contributed by atoms with E-state index >= 15 is 0 Å². The van der Waals surface area contributed by atoms with E-state index in [4.69, 9.17) is 10.5 Å². The standard InChI is InChI=1S/C15H21N3O/c1-9-6-10(2)15(19-5)12(7-9)14-11(3)17-13(8-16)18(14)4/h6-7H,8,16H2,1-5H3. The first-order valence-corrected chi connectivity index (χ1v) is 6.37. The summed E-state index contributed by atoms with van der Waals surface area (Å²) in [7, 11) is 3.70. The van der Waals surface area contributed by atoms with Gasteiger partial charge in [-0.2, -0.15) is 0 Å². The molecule has 4 heteroatoms. The van der Waals surface area contributed by atoms with Crippen LogP contribution < -0.4 is 10.5 Å². The highest BCUT2D eigenvalue weighted by molar-refractivity contribution is 5.72. The zero-order chi connectivity index (χ0) is 14.2. The Kier molecular flexibility index (Phi) is 3.62. The Balaban J connectivity index is 2.75. The van der Waals surface area contributed by atoms with Crippen molar-refractivity contribution in [3.05, 3.63) is 34.8 Å². The number of aryl methyl sites for hydroxylation is 3. The summed E-state index contributed by atoms with van der Waals surface area (Å²) in [5.41, 5.74) is 11.2. The molecule has 0 aliphatic heterocycles. The van der Waals surface area contributed by atoms with Gasteiger partial charge in [0.15, 0.2) is 0 Å². The van der Waals surface area contributed by atoms with E-state index < -0.39 is 0 Å². The van der Waals surface area contributed by atoms with Gasteiger partial charge in [0.05, 0.1) is 25.0 Å². The SMILES string of the molecule is COc1c(C)cc(C)cc1-c1c(C)nc(CN)n1C. The molecular weight excluding hydrogens is 238 g/mol. The molecule has 0 aliphatic carbocycles. The predicted molar refractivity (Wildman–Crippen MR) is 77.3 cm³/mol. The van der Waals surface area contributed by atoms with Crippen LogP contribution in [-0.4, -0.2) is 16.7 Å². The normalized spacial score (nSPS) is 10.8. The Morgan fingerprint density at radius 2 is 1.95 bits per heavy atom. The lowest BCUT2D eigenvalue weighted by molar-refractivity contribution is 0.413. The molecule has 1 aromatic carbocycles. The average molecular weight is 259 g/mol. The summed E-state index contributed by atoms with van der Waals surface area (Å²) in [5, 5.41) is 0. The van der Waals surface area contributed by atoms with Crippen molar-refractivity contribution < 1.29 is 4.74 Å². The van der Waals surface area contributed by atoms with E-state index in [1.165, 1.54) is 5.56 Å². The Morgan fingerprint density at radius 1 is 1.26 bits per heavy atom. The molecule has 0 amide bonds. The third-order valence-corrected chi connectivity index (χ3v) is 3.42. The highest BCUT2D eigenvalue weighted by Crippen LogP contribution is 2.35. The molecule has 2 N–H and O–H groups in total. The fourth-order valence-corrected chi connectivity index (χ4v) is 2.65. The van der Waals surface area contributed by atoms with Gasteiger partial charge < -0.3 is 15.0 Å². The molecule has 2 aromatic rings. The first kappa shape index (κ1) is 13.6. The van der Waals surface area contributed by atoms with Gasteiger partial charge in [-0.3, -0.25) is 0 Å². The van der Waals surface area contributed by atoms with Crippen LogP contribution in [0.1, 0.15) is 22.6 Å². The summed E-state index contributed by atoms with van der Waals surface area (Å²) in [6.45, 7) is 6.59. The Bertz CT molecular complexity index is 614. The van der Waals surface area contributed by atoms with Crippen molar-refractivity contribution in [3.8, 4) is 17.0 Å². The number of nitrogens with two attached hydrogens (primary N) is 1. The molecule has 2 rings (SSSR count). The van der Waals surface area contributed by atoms with Gasteiger partial charge in [-0.1, -0.05) is 6.07 Å². The maximum atomic E-state index is 5.73. The van der Waals surface area contributed by atoms with Crippen molar-refractivity contribution in [2.75, 3.05) is 7.11 Å². The molecule has 0 atom stereocenters. The topological polar surface area (TPSA) is 53.1 Å². The maximum Gasteiger partial charge on any atom is 0.131 e. The van der Waals surface area contributed by atoms with Crippen molar-refractivity contribution in [2.24, 2.45) is 12.8 Å². The van der Waals surface area contributed by atoms with Gasteiger partial charge in [-0.25, -0.2) is 4.98 Å². The molecule has 0 radical (unpaired) electrons. The second-order valence-corrected chi connectivity index (χ2v) is 4.89. The van der Waals surface area contributed by atoms with Crippen molar-refractivity contribution >= 4 is 0 Å². The lowest BCUT2D eigenvalue weighted by Gasteiger charge is -2.14. The van der Waals surface area contributed by atoms with Crippen molar-refractivity contribution in [3.63, 3.8) is 0 Å². The Morgan fingerprint density at radius 3 is 2.47 bits per heavy atom. The summed E-state index contributed by atoms with van der Waals surface area (Å²) < 4.78 is 7.61. The lowest BCUT2D eigenvalue weighted by Crippen LogP contribution is -2.06. The molecular formula is C15H21N3O. The number of methoxy groups -OCH3 is 1. The first-order chi connectivity index (χ1) is 8.99. The largest absolute Gasteiger partial charge is 0.496 e. The minimum Gasteiger partial charge on any atom is -0.496 e. The van der Waals surface area contributed by atoms with Gasteiger partial charge in [-0.15, -0.1) is 0 Å². The van der Waals surface area contributed by atoms with Crippen LogP contribution in [0.2, 0.25) is 0 Å². The van der Waals surface area contributed by atoms with E-state index in [1.807, 2.05) is 18.5 Å². The second-order valence-electron chi connectivity index (χ2n) is 4.89. The summed E-state index contributed by atoms with van der Waals surface area (Å²) in [4.78, 5) is 4.52. The number of imidazole rings is 1. The van der Waals surface area contributed by atoms with Crippen LogP contribution in [0.5, 0.6) is 5.75 Å². The van der Waals surface area contributed by atoms with Crippen LogP contribution >= 0.6 is 0 Å². The lowest BCUT2D eigenvalue weighted by atomic mass is 10.0. The molecule has 0 bridgehead atoms. The number of hydrogen-bond donors (Lipinski definition) is 1. The molecule has 1 aromatic heterocycles. The number of ether oxygens (including phenoxy) is 1. The molecule has 0 saturated heterocycles. The van der Waals surface area contributed by atoms with Crippen molar-refractivity contribution in [1.82, 2.24) is 9.55 Å². The average Bonchev–Trinajstić information content (AvgIpc) is 2.63. The van der Waals surface area contributed by atoms with Crippen LogP contribution in [0.3, 0.4) is 0 Å². The first-order valence-electron chi connectivity index (χ1n) is 6.37. The van der Waals surface area contributed by atoms with Gasteiger partial charge in [-0.05, 0) is 38.0 Å². The van der Waals surface area contributed by atoms with Gasteiger partial charge in [0.2, 0.25) is 0 Å². The number of rotatable bonds is 3. The molecule has 102 valence electrons. The molecule has 0 spiro atoms. The van der Waals surface area contributed by atoms with E-state index in [0.717, 1.165) is 34.1 Å². The van der Waals surface area contributed by atoms with Crippen LogP contribution in [0.4, 0.5) is 0 Å². The van der Waals surface area contributed by atoms with Gasteiger partial charge in [0.25, 0.3) is 0 Å². The monoisotopic (exact) mass is 259 g/mol. The van der Waals surface area contributed by atoms with E-state index in [2.05, 4.69) is 31.0 Å². The van der Waals surface area contributed by atoms with Crippen LogP contribution in [0.15, 0.2) is 12.1 Å². The summed E-state index contributed by atoms with van der Waals surface area (Å²) in [6, 6.07) is 4.26. The van der Waals surface area contributed by atoms with E-state index in [-0.39, 0.29) is 0 Å². The number of benzene rings is 1. The van der Waals surface area contributed by atoms with E-state index in [9.17, 15) is 0 Å². The second kappa shape index (κ2) is 5.05. The molecule has 0 fully saturated rings. The highest BCUT2D eigenvalue weighted by Gasteiger charge is 2.17. The number of nitrogens with zero attached hydrogens (tertiary/aromatic N) is 2. The third kappa shape index (κ3) is 2.24. The van der Waals surface area contributed by atoms with Gasteiger partial charge in [0, 0.05) is 12.6 Å². The van der Waals surface area contributed by atoms with Crippen molar-refractivity contribution in [2.45, 2.75) is 27.3 Å². The number of aromatic nitrogens is 2. The minimum atomic E-state index is 0.435.